The van der Waals surface area contributed by atoms with Crippen molar-refractivity contribution in [3.8, 4) is 0 Å². The normalized spacial score (nSPS) is 11.9. The molecule has 0 saturated carbocycles. The predicted octanol–water partition coefficient (Wildman–Crippen LogP) is 1.54. The van der Waals surface area contributed by atoms with E-state index in [-0.39, 0.29) is 19.1 Å². The van der Waals surface area contributed by atoms with Gasteiger partial charge < -0.3 is 15.2 Å². The minimum absolute atomic E-state index is 0.0456. The maximum Gasteiger partial charge on any atom is 0.407 e. The van der Waals surface area contributed by atoms with Gasteiger partial charge in [0.25, 0.3) is 0 Å². The van der Waals surface area contributed by atoms with Crippen molar-refractivity contribution in [2.24, 2.45) is 5.92 Å². The molecule has 0 heterocycles. The first kappa shape index (κ1) is 12.5. The third kappa shape index (κ3) is 4.79. The number of benzene rings is 1. The molecule has 1 aromatic carbocycles. The summed E-state index contributed by atoms with van der Waals surface area (Å²) in [5.41, 5.74) is 0.952. The summed E-state index contributed by atoms with van der Waals surface area (Å²) >= 11 is 0. The zero-order valence-corrected chi connectivity index (χ0v) is 9.35. The van der Waals surface area contributed by atoms with Crippen molar-refractivity contribution in [3.63, 3.8) is 0 Å². The number of aliphatic hydroxyl groups is 1. The summed E-state index contributed by atoms with van der Waals surface area (Å²) in [6.07, 6.45) is -0.454. The Balaban J connectivity index is 2.20. The monoisotopic (exact) mass is 223 g/mol. The molecule has 0 saturated heterocycles. The summed E-state index contributed by atoms with van der Waals surface area (Å²) in [6, 6.07) is 9.48. The zero-order chi connectivity index (χ0) is 11.8. The average Bonchev–Trinajstić information content (AvgIpc) is 2.34. The fraction of sp³-hybridized carbons (Fsp3) is 0.417. The van der Waals surface area contributed by atoms with Gasteiger partial charge in [-0.25, -0.2) is 4.79 Å². The Morgan fingerprint density at radius 1 is 1.44 bits per heavy atom. The smallest absolute Gasteiger partial charge is 0.407 e. The molecule has 4 heteroatoms. The van der Waals surface area contributed by atoms with Gasteiger partial charge in [0.15, 0.2) is 0 Å². The number of nitrogens with one attached hydrogen (secondary N) is 1. The lowest BCUT2D eigenvalue weighted by atomic mass is 10.2. The minimum Gasteiger partial charge on any atom is -0.445 e. The number of hydrogen-bond donors (Lipinski definition) is 2. The van der Waals surface area contributed by atoms with Crippen LogP contribution in [0, 0.1) is 5.92 Å². The number of alkyl carbamates (subject to hydrolysis) is 1. The lowest BCUT2D eigenvalue weighted by Crippen LogP contribution is -2.29. The summed E-state index contributed by atoms with van der Waals surface area (Å²) in [5, 5.41) is 11.3. The van der Waals surface area contributed by atoms with Crippen molar-refractivity contribution in [2.45, 2.75) is 13.5 Å². The van der Waals surface area contributed by atoms with Crippen molar-refractivity contribution in [3.05, 3.63) is 35.9 Å². The molecule has 0 bridgehead atoms. The first-order chi connectivity index (χ1) is 7.72. The van der Waals surface area contributed by atoms with E-state index in [0.717, 1.165) is 5.56 Å². The molecular weight excluding hydrogens is 206 g/mol. The molecule has 4 nitrogen and oxygen atoms in total. The zero-order valence-electron chi connectivity index (χ0n) is 9.35. The van der Waals surface area contributed by atoms with Crippen LogP contribution < -0.4 is 5.32 Å². The number of amides is 1. The van der Waals surface area contributed by atoms with E-state index >= 15 is 0 Å². The molecule has 2 N–H and O–H groups in total. The lowest BCUT2D eigenvalue weighted by molar-refractivity contribution is 0.136. The van der Waals surface area contributed by atoms with E-state index in [4.69, 9.17) is 9.84 Å². The first-order valence-corrected chi connectivity index (χ1v) is 5.27. The van der Waals surface area contributed by atoms with Gasteiger partial charge in [-0.05, 0) is 11.5 Å². The van der Waals surface area contributed by atoms with Crippen molar-refractivity contribution in [2.75, 3.05) is 13.2 Å². The van der Waals surface area contributed by atoms with Gasteiger partial charge in [0.1, 0.15) is 6.61 Å². The standard InChI is InChI=1S/C12H17NO3/c1-10(8-14)7-13-12(15)16-9-11-5-3-2-4-6-11/h2-6,10,14H,7-9H2,1H3,(H,13,15)/t10-/m0/s1. The number of ether oxygens (including phenoxy) is 1. The Morgan fingerprint density at radius 3 is 2.75 bits per heavy atom. The van der Waals surface area contributed by atoms with E-state index in [0.29, 0.717) is 6.54 Å². The molecule has 0 unspecified atom stereocenters. The van der Waals surface area contributed by atoms with Crippen molar-refractivity contribution in [1.82, 2.24) is 5.32 Å². The SMILES string of the molecule is C[C@H](CO)CNC(=O)OCc1ccccc1. The van der Waals surface area contributed by atoms with Crippen molar-refractivity contribution >= 4 is 6.09 Å². The molecule has 1 aromatic rings. The van der Waals surface area contributed by atoms with Crippen LogP contribution in [0.1, 0.15) is 12.5 Å². The largest absolute Gasteiger partial charge is 0.445 e. The molecule has 16 heavy (non-hydrogen) atoms. The molecule has 0 aromatic heterocycles. The van der Waals surface area contributed by atoms with Gasteiger partial charge >= 0.3 is 6.09 Å². The highest BCUT2D eigenvalue weighted by Gasteiger charge is 2.05. The number of aliphatic hydroxyl groups excluding tert-OH is 1. The average molecular weight is 223 g/mol. The van der Waals surface area contributed by atoms with E-state index in [1.807, 2.05) is 37.3 Å². The van der Waals surface area contributed by atoms with Crippen LogP contribution in [0.15, 0.2) is 30.3 Å². The van der Waals surface area contributed by atoms with Crippen LogP contribution in [0.2, 0.25) is 0 Å². The quantitative estimate of drug-likeness (QED) is 0.796. The van der Waals surface area contributed by atoms with Crippen molar-refractivity contribution < 1.29 is 14.6 Å². The third-order valence-electron chi connectivity index (χ3n) is 2.12. The Hall–Kier alpha value is -1.55. The van der Waals surface area contributed by atoms with Crippen LogP contribution in [-0.4, -0.2) is 24.4 Å². The predicted molar refractivity (Wildman–Crippen MR) is 60.9 cm³/mol. The molecule has 1 atom stereocenters. The first-order valence-electron chi connectivity index (χ1n) is 5.27. The van der Waals surface area contributed by atoms with Crippen LogP contribution in [-0.2, 0) is 11.3 Å². The van der Waals surface area contributed by atoms with Gasteiger partial charge in [-0.1, -0.05) is 37.3 Å². The summed E-state index contributed by atoms with van der Waals surface area (Å²) in [5.74, 6) is 0.0456. The maximum atomic E-state index is 11.2. The van der Waals surface area contributed by atoms with E-state index < -0.39 is 6.09 Å². The maximum absolute atomic E-state index is 11.2. The van der Waals surface area contributed by atoms with Crippen LogP contribution in [0.5, 0.6) is 0 Å². The second-order valence-electron chi connectivity index (χ2n) is 3.73. The highest BCUT2D eigenvalue weighted by atomic mass is 16.5. The Morgan fingerprint density at radius 2 is 2.12 bits per heavy atom. The van der Waals surface area contributed by atoms with Gasteiger partial charge in [-0.2, -0.15) is 0 Å². The fourth-order valence-corrected chi connectivity index (χ4v) is 1.10. The van der Waals surface area contributed by atoms with Gasteiger partial charge in [0.2, 0.25) is 0 Å². The van der Waals surface area contributed by atoms with Crippen LogP contribution >= 0.6 is 0 Å². The number of carbonyl (C=O) groups is 1. The topological polar surface area (TPSA) is 58.6 Å². The molecule has 1 amide bonds. The summed E-state index contributed by atoms with van der Waals surface area (Å²) in [6.45, 7) is 2.58. The number of rotatable bonds is 5. The van der Waals surface area contributed by atoms with Crippen LogP contribution in [0.4, 0.5) is 4.79 Å². The molecular formula is C12H17NO3. The molecule has 1 rings (SSSR count). The van der Waals surface area contributed by atoms with Crippen LogP contribution in [0.25, 0.3) is 0 Å². The minimum atomic E-state index is -0.454. The second-order valence-corrected chi connectivity index (χ2v) is 3.73. The molecule has 0 fully saturated rings. The van der Waals surface area contributed by atoms with Gasteiger partial charge in [0, 0.05) is 13.2 Å². The second kappa shape index (κ2) is 6.85. The van der Waals surface area contributed by atoms with E-state index in [9.17, 15) is 4.79 Å². The van der Waals surface area contributed by atoms with Crippen LogP contribution in [0.3, 0.4) is 0 Å². The number of hydrogen-bond acceptors (Lipinski definition) is 3. The summed E-state index contributed by atoms with van der Waals surface area (Å²) < 4.78 is 4.99. The highest BCUT2D eigenvalue weighted by Crippen LogP contribution is 2.00. The molecule has 0 aliphatic heterocycles. The van der Waals surface area contributed by atoms with Gasteiger partial charge in [-0.3, -0.25) is 0 Å². The van der Waals surface area contributed by atoms with Gasteiger partial charge in [-0.15, -0.1) is 0 Å². The Labute approximate surface area is 95.2 Å². The molecule has 88 valence electrons. The Bertz CT molecular complexity index is 313. The van der Waals surface area contributed by atoms with E-state index in [1.54, 1.807) is 0 Å². The molecule has 0 spiro atoms. The fourth-order valence-electron chi connectivity index (χ4n) is 1.10. The summed E-state index contributed by atoms with van der Waals surface area (Å²) in [4.78, 5) is 11.2. The lowest BCUT2D eigenvalue weighted by Gasteiger charge is -2.10. The van der Waals surface area contributed by atoms with E-state index in [1.165, 1.54) is 0 Å². The number of carbonyl (C=O) groups excluding carboxylic acids is 1. The van der Waals surface area contributed by atoms with Crippen molar-refractivity contribution in [1.29, 1.82) is 0 Å². The molecule has 0 radical (unpaired) electrons. The third-order valence-corrected chi connectivity index (χ3v) is 2.12. The molecule has 0 aliphatic carbocycles. The summed E-state index contributed by atoms with van der Waals surface area (Å²) in [7, 11) is 0. The Kier molecular flexibility index (Phi) is 5.36. The molecule has 0 aliphatic rings. The van der Waals surface area contributed by atoms with Gasteiger partial charge in [0.05, 0.1) is 0 Å². The highest BCUT2D eigenvalue weighted by molar-refractivity contribution is 5.67. The van der Waals surface area contributed by atoms with E-state index in [2.05, 4.69) is 5.32 Å².